The molecule has 1 aromatic carbocycles. The first-order valence-electron chi connectivity index (χ1n) is 5.81. The van der Waals surface area contributed by atoms with Gasteiger partial charge in [-0.1, -0.05) is 12.1 Å². The number of pyridine rings is 1. The highest BCUT2D eigenvalue weighted by Gasteiger charge is 2.08. The third-order valence-electron chi connectivity index (χ3n) is 2.82. The topological polar surface area (TPSA) is 30.0 Å². The van der Waals surface area contributed by atoms with E-state index in [4.69, 9.17) is 0 Å². The van der Waals surface area contributed by atoms with Crippen LogP contribution in [-0.4, -0.2) is 10.8 Å². The van der Waals surface area contributed by atoms with Crippen LogP contribution in [0.2, 0.25) is 0 Å². The van der Waals surface area contributed by atoms with E-state index in [1.54, 1.807) is 24.5 Å². The number of carbonyl (C=O) groups is 1. The smallest absolute Gasteiger partial charge is 0.141 e. The van der Waals surface area contributed by atoms with Crippen molar-refractivity contribution in [3.8, 4) is 0 Å². The van der Waals surface area contributed by atoms with Crippen LogP contribution in [0.1, 0.15) is 16.7 Å². The molecule has 0 aliphatic carbocycles. The Hall–Kier alpha value is -2.03. The summed E-state index contributed by atoms with van der Waals surface area (Å²) >= 11 is 0. The van der Waals surface area contributed by atoms with Crippen molar-refractivity contribution >= 4 is 5.78 Å². The fourth-order valence-electron chi connectivity index (χ4n) is 1.84. The monoisotopic (exact) mass is 243 g/mol. The van der Waals surface area contributed by atoms with Gasteiger partial charge in [0.15, 0.2) is 0 Å². The Morgan fingerprint density at radius 1 is 1.28 bits per heavy atom. The number of halogens is 1. The van der Waals surface area contributed by atoms with Gasteiger partial charge in [-0.25, -0.2) is 4.39 Å². The van der Waals surface area contributed by atoms with Gasteiger partial charge in [-0.05, 0) is 41.8 Å². The summed E-state index contributed by atoms with van der Waals surface area (Å²) in [4.78, 5) is 15.9. The maximum Gasteiger partial charge on any atom is 0.141 e. The molecule has 0 saturated carbocycles. The van der Waals surface area contributed by atoms with E-state index in [-0.39, 0.29) is 18.0 Å². The van der Waals surface area contributed by atoms with Gasteiger partial charge in [-0.15, -0.1) is 0 Å². The van der Waals surface area contributed by atoms with Crippen LogP contribution < -0.4 is 0 Å². The van der Waals surface area contributed by atoms with Gasteiger partial charge in [-0.3, -0.25) is 9.78 Å². The highest BCUT2D eigenvalue weighted by molar-refractivity contribution is 5.83. The molecule has 0 unspecified atom stereocenters. The second-order valence-corrected chi connectivity index (χ2v) is 4.32. The molecular weight excluding hydrogens is 229 g/mol. The molecule has 0 aliphatic heterocycles. The Morgan fingerprint density at radius 3 is 2.83 bits per heavy atom. The third kappa shape index (κ3) is 3.23. The fourth-order valence-corrected chi connectivity index (χ4v) is 1.84. The van der Waals surface area contributed by atoms with Crippen LogP contribution >= 0.6 is 0 Å². The summed E-state index contributed by atoms with van der Waals surface area (Å²) in [7, 11) is 0. The van der Waals surface area contributed by atoms with E-state index in [1.165, 1.54) is 12.1 Å². The zero-order valence-corrected chi connectivity index (χ0v) is 10.2. The molecule has 18 heavy (non-hydrogen) atoms. The first kappa shape index (κ1) is 12.4. The maximum absolute atomic E-state index is 13.1. The number of hydrogen-bond donors (Lipinski definition) is 0. The highest BCUT2D eigenvalue weighted by Crippen LogP contribution is 2.12. The van der Waals surface area contributed by atoms with Gasteiger partial charge in [0.2, 0.25) is 0 Å². The molecule has 0 bridgehead atoms. The minimum Gasteiger partial charge on any atom is -0.299 e. The van der Waals surface area contributed by atoms with Gasteiger partial charge in [0.25, 0.3) is 0 Å². The molecule has 0 N–H and O–H groups in total. The summed E-state index contributed by atoms with van der Waals surface area (Å²) in [5.41, 5.74) is 2.58. The molecule has 0 saturated heterocycles. The molecule has 0 aliphatic rings. The number of aromatic nitrogens is 1. The second kappa shape index (κ2) is 5.54. The number of benzene rings is 1. The maximum atomic E-state index is 13.1. The number of rotatable bonds is 4. The standard InChI is InChI=1S/C15H14FNO/c1-11-4-5-14(16)8-13(11)9-15(18)7-12-3-2-6-17-10-12/h2-6,8,10H,7,9H2,1H3. The Kier molecular flexibility index (Phi) is 3.82. The second-order valence-electron chi connectivity index (χ2n) is 4.32. The fraction of sp³-hybridized carbons (Fsp3) is 0.200. The van der Waals surface area contributed by atoms with E-state index in [1.807, 2.05) is 13.0 Å². The molecule has 0 fully saturated rings. The number of ketones is 1. The third-order valence-corrected chi connectivity index (χ3v) is 2.82. The average molecular weight is 243 g/mol. The van der Waals surface area contributed by atoms with Gasteiger partial charge in [0.1, 0.15) is 11.6 Å². The van der Waals surface area contributed by atoms with Gasteiger partial charge >= 0.3 is 0 Å². The molecule has 0 amide bonds. The van der Waals surface area contributed by atoms with Gasteiger partial charge in [-0.2, -0.15) is 0 Å². The minimum atomic E-state index is -0.301. The van der Waals surface area contributed by atoms with Gasteiger partial charge < -0.3 is 0 Å². The summed E-state index contributed by atoms with van der Waals surface area (Å²) in [5.74, 6) is -0.235. The number of aryl methyl sites for hydroxylation is 1. The quantitative estimate of drug-likeness (QED) is 0.826. The highest BCUT2D eigenvalue weighted by atomic mass is 19.1. The van der Waals surface area contributed by atoms with Gasteiger partial charge in [0.05, 0.1) is 0 Å². The van der Waals surface area contributed by atoms with E-state index in [9.17, 15) is 9.18 Å². The molecule has 0 radical (unpaired) electrons. The van der Waals surface area contributed by atoms with Crippen molar-refractivity contribution in [2.75, 3.05) is 0 Å². The molecule has 2 nitrogen and oxygen atoms in total. The Labute approximate surface area is 105 Å². The predicted octanol–water partition coefficient (Wildman–Crippen LogP) is 2.88. The lowest BCUT2D eigenvalue weighted by Crippen LogP contribution is -2.08. The van der Waals surface area contributed by atoms with Crippen LogP contribution in [0, 0.1) is 12.7 Å². The molecule has 1 aromatic heterocycles. The number of Topliss-reactive ketones (excluding diaryl/α,β-unsaturated/α-hetero) is 1. The zero-order chi connectivity index (χ0) is 13.0. The lowest BCUT2D eigenvalue weighted by molar-refractivity contribution is -0.117. The number of carbonyl (C=O) groups excluding carboxylic acids is 1. The van der Waals surface area contributed by atoms with Crippen LogP contribution in [0.4, 0.5) is 4.39 Å². The molecule has 1 heterocycles. The number of nitrogens with zero attached hydrogens (tertiary/aromatic N) is 1. The predicted molar refractivity (Wildman–Crippen MR) is 67.8 cm³/mol. The summed E-state index contributed by atoms with van der Waals surface area (Å²) in [5, 5.41) is 0. The van der Waals surface area contributed by atoms with Gasteiger partial charge in [0, 0.05) is 25.2 Å². The molecule has 3 heteroatoms. The molecule has 92 valence electrons. The van der Waals surface area contributed by atoms with Crippen molar-refractivity contribution < 1.29 is 9.18 Å². The van der Waals surface area contributed by atoms with Crippen LogP contribution in [0.15, 0.2) is 42.7 Å². The van der Waals surface area contributed by atoms with E-state index in [0.717, 1.165) is 16.7 Å². The SMILES string of the molecule is Cc1ccc(F)cc1CC(=O)Cc1cccnc1. The van der Waals surface area contributed by atoms with Crippen molar-refractivity contribution in [2.24, 2.45) is 0 Å². The van der Waals surface area contributed by atoms with E-state index >= 15 is 0 Å². The Bertz CT molecular complexity index is 552. The lowest BCUT2D eigenvalue weighted by atomic mass is 10.00. The van der Waals surface area contributed by atoms with E-state index in [0.29, 0.717) is 6.42 Å². The largest absolute Gasteiger partial charge is 0.299 e. The van der Waals surface area contributed by atoms with Crippen molar-refractivity contribution in [1.29, 1.82) is 0 Å². The summed E-state index contributed by atoms with van der Waals surface area (Å²) in [6.45, 7) is 1.88. The Morgan fingerprint density at radius 2 is 2.11 bits per heavy atom. The summed E-state index contributed by atoms with van der Waals surface area (Å²) < 4.78 is 13.1. The molecule has 0 spiro atoms. The number of hydrogen-bond acceptors (Lipinski definition) is 2. The minimum absolute atomic E-state index is 0.0664. The molecule has 2 aromatic rings. The van der Waals surface area contributed by atoms with Crippen LogP contribution in [0.3, 0.4) is 0 Å². The van der Waals surface area contributed by atoms with Crippen molar-refractivity contribution in [3.63, 3.8) is 0 Å². The van der Waals surface area contributed by atoms with Crippen molar-refractivity contribution in [2.45, 2.75) is 19.8 Å². The zero-order valence-electron chi connectivity index (χ0n) is 10.2. The van der Waals surface area contributed by atoms with E-state index in [2.05, 4.69) is 4.98 Å². The average Bonchev–Trinajstić information content (AvgIpc) is 2.35. The van der Waals surface area contributed by atoms with Crippen LogP contribution in [0.5, 0.6) is 0 Å². The summed E-state index contributed by atoms with van der Waals surface area (Å²) in [6, 6.07) is 8.20. The van der Waals surface area contributed by atoms with E-state index < -0.39 is 0 Å². The van der Waals surface area contributed by atoms with Crippen molar-refractivity contribution in [3.05, 3.63) is 65.2 Å². The van der Waals surface area contributed by atoms with Crippen LogP contribution in [-0.2, 0) is 17.6 Å². The lowest BCUT2D eigenvalue weighted by Gasteiger charge is -2.05. The van der Waals surface area contributed by atoms with Crippen molar-refractivity contribution in [1.82, 2.24) is 4.98 Å². The molecule has 0 atom stereocenters. The Balaban J connectivity index is 2.05. The van der Waals surface area contributed by atoms with Crippen LogP contribution in [0.25, 0.3) is 0 Å². The summed E-state index contributed by atoms with van der Waals surface area (Å²) in [6.07, 6.45) is 3.95. The molecular formula is C15H14FNO. The first-order chi connectivity index (χ1) is 8.65. The normalized spacial score (nSPS) is 10.3. The first-order valence-corrected chi connectivity index (χ1v) is 5.81. The molecule has 2 rings (SSSR count).